The molecule has 4 aromatic rings. The molecule has 30 heavy (non-hydrogen) atoms. The van der Waals surface area contributed by atoms with Crippen molar-refractivity contribution in [2.45, 2.75) is 13.5 Å². The van der Waals surface area contributed by atoms with Gasteiger partial charge in [0.05, 0.1) is 13.2 Å². The van der Waals surface area contributed by atoms with Crippen LogP contribution < -0.4 is 4.74 Å². The minimum absolute atomic E-state index is 0.0302. The fourth-order valence-electron chi connectivity index (χ4n) is 3.10. The molecule has 0 unspecified atom stereocenters. The summed E-state index contributed by atoms with van der Waals surface area (Å²) in [6.07, 6.45) is 0. The number of hydrogen-bond donors (Lipinski definition) is 2. The number of carboxylic acid groups (broad SMARTS) is 1. The van der Waals surface area contributed by atoms with Gasteiger partial charge in [0.25, 0.3) is 0 Å². The van der Waals surface area contributed by atoms with E-state index in [4.69, 9.17) is 9.84 Å². The summed E-state index contributed by atoms with van der Waals surface area (Å²) >= 11 is 0. The second-order valence-corrected chi connectivity index (χ2v) is 6.37. The number of carbonyl (C=O) groups is 1. The first-order valence-electron chi connectivity index (χ1n) is 9.12. The molecule has 2 N–H and O–H groups in total. The van der Waals surface area contributed by atoms with E-state index in [0.29, 0.717) is 23.6 Å². The molecular weight excluding hydrogens is 391 g/mol. The number of aromatic nitrogens is 6. The predicted octanol–water partition coefficient (Wildman–Crippen LogP) is 3.01. The molecule has 0 saturated heterocycles. The van der Waals surface area contributed by atoms with Gasteiger partial charge < -0.3 is 9.84 Å². The third-order valence-corrected chi connectivity index (χ3v) is 4.47. The highest BCUT2D eigenvalue weighted by Gasteiger charge is 2.17. The van der Waals surface area contributed by atoms with E-state index in [2.05, 4.69) is 25.7 Å². The van der Waals surface area contributed by atoms with Gasteiger partial charge >= 0.3 is 5.97 Å². The number of aromatic amines is 1. The van der Waals surface area contributed by atoms with Crippen molar-refractivity contribution >= 4 is 5.97 Å². The molecule has 2 heterocycles. The molecule has 0 fully saturated rings. The lowest BCUT2D eigenvalue weighted by Gasteiger charge is -2.11. The third kappa shape index (κ3) is 3.75. The standard InChI is InChI=1S/C20H17FN6O3/c1-2-30-18-10-17(20(28)29)24-27(18)11-13-8-7-12(9-16(13)21)14-5-3-4-6-15(14)19-22-25-26-23-19/h3-10H,2,11H2,1H3,(H,28,29)(H,22,23,25,26). The van der Waals surface area contributed by atoms with Crippen LogP contribution in [0.2, 0.25) is 0 Å². The topological polar surface area (TPSA) is 119 Å². The Kier molecular flexibility index (Phi) is 5.21. The molecule has 0 radical (unpaired) electrons. The maximum atomic E-state index is 14.9. The van der Waals surface area contributed by atoms with Crippen molar-refractivity contribution in [1.29, 1.82) is 0 Å². The third-order valence-electron chi connectivity index (χ3n) is 4.47. The van der Waals surface area contributed by atoms with Crippen LogP contribution in [0.3, 0.4) is 0 Å². The molecule has 2 aromatic carbocycles. The van der Waals surface area contributed by atoms with Gasteiger partial charge in [0, 0.05) is 17.2 Å². The van der Waals surface area contributed by atoms with Gasteiger partial charge in [-0.1, -0.05) is 36.4 Å². The normalized spacial score (nSPS) is 10.9. The smallest absolute Gasteiger partial charge is 0.356 e. The fraction of sp³-hybridized carbons (Fsp3) is 0.150. The fourth-order valence-corrected chi connectivity index (χ4v) is 3.10. The number of ether oxygens (including phenoxy) is 1. The average Bonchev–Trinajstić information content (AvgIpc) is 3.40. The Morgan fingerprint density at radius 1 is 1.20 bits per heavy atom. The second kappa shape index (κ2) is 8.11. The Balaban J connectivity index is 1.67. The summed E-state index contributed by atoms with van der Waals surface area (Å²) in [7, 11) is 0. The van der Waals surface area contributed by atoms with E-state index in [1.807, 2.05) is 24.3 Å². The molecule has 4 rings (SSSR count). The SMILES string of the molecule is CCOc1cc(C(=O)O)nn1Cc1ccc(-c2ccccc2-c2nnn[nH]2)cc1F. The van der Waals surface area contributed by atoms with E-state index in [0.717, 1.165) is 11.1 Å². The molecule has 0 aliphatic carbocycles. The number of carboxylic acids is 1. The molecule has 2 aromatic heterocycles. The Labute approximate surface area is 170 Å². The maximum Gasteiger partial charge on any atom is 0.356 e. The maximum absolute atomic E-state index is 14.9. The Bertz CT molecular complexity index is 1190. The predicted molar refractivity (Wildman–Crippen MR) is 104 cm³/mol. The molecule has 9 nitrogen and oxygen atoms in total. The molecule has 0 atom stereocenters. The highest BCUT2D eigenvalue weighted by atomic mass is 19.1. The first-order valence-corrected chi connectivity index (χ1v) is 9.12. The highest BCUT2D eigenvalue weighted by Crippen LogP contribution is 2.31. The summed E-state index contributed by atoms with van der Waals surface area (Å²) in [6, 6.07) is 13.5. The van der Waals surface area contributed by atoms with Crippen LogP contribution in [-0.2, 0) is 6.54 Å². The Hall–Kier alpha value is -4.08. The molecule has 152 valence electrons. The first kappa shape index (κ1) is 19.2. The van der Waals surface area contributed by atoms with Gasteiger partial charge in [0.15, 0.2) is 11.5 Å². The second-order valence-electron chi connectivity index (χ2n) is 6.37. The zero-order chi connectivity index (χ0) is 21.1. The van der Waals surface area contributed by atoms with E-state index < -0.39 is 11.8 Å². The zero-order valence-electron chi connectivity index (χ0n) is 15.9. The van der Waals surface area contributed by atoms with E-state index in [-0.39, 0.29) is 18.1 Å². The molecule has 0 aliphatic rings. The Morgan fingerprint density at radius 2 is 2.00 bits per heavy atom. The summed E-state index contributed by atoms with van der Waals surface area (Å²) in [6.45, 7) is 2.14. The van der Waals surface area contributed by atoms with Crippen molar-refractivity contribution in [2.24, 2.45) is 0 Å². The van der Waals surface area contributed by atoms with Crippen molar-refractivity contribution in [3.05, 3.63) is 65.6 Å². The molecular formula is C20H17FN6O3. The van der Waals surface area contributed by atoms with Crippen LogP contribution >= 0.6 is 0 Å². The minimum Gasteiger partial charge on any atom is -0.478 e. The van der Waals surface area contributed by atoms with Gasteiger partial charge in [-0.15, -0.1) is 5.10 Å². The largest absolute Gasteiger partial charge is 0.478 e. The lowest BCUT2D eigenvalue weighted by atomic mass is 9.98. The average molecular weight is 408 g/mol. The number of hydrogen-bond acceptors (Lipinski definition) is 6. The van der Waals surface area contributed by atoms with Crippen molar-refractivity contribution < 1.29 is 19.0 Å². The molecule has 10 heteroatoms. The summed E-state index contributed by atoms with van der Waals surface area (Å²) in [5.74, 6) is -0.882. The number of benzene rings is 2. The lowest BCUT2D eigenvalue weighted by molar-refractivity contribution is 0.0689. The van der Waals surface area contributed by atoms with E-state index in [1.165, 1.54) is 16.8 Å². The van der Waals surface area contributed by atoms with E-state index in [1.54, 1.807) is 19.1 Å². The number of rotatable bonds is 7. The van der Waals surface area contributed by atoms with Crippen LogP contribution in [0.4, 0.5) is 4.39 Å². The number of tetrazole rings is 1. The minimum atomic E-state index is -1.18. The van der Waals surface area contributed by atoms with Crippen LogP contribution in [0.15, 0.2) is 48.5 Å². The number of halogens is 1. The van der Waals surface area contributed by atoms with Gasteiger partial charge in [-0.3, -0.25) is 0 Å². The Morgan fingerprint density at radius 3 is 2.67 bits per heavy atom. The van der Waals surface area contributed by atoms with Gasteiger partial charge in [-0.25, -0.2) is 19.0 Å². The van der Waals surface area contributed by atoms with Crippen LogP contribution in [0, 0.1) is 5.82 Å². The molecule has 0 aliphatic heterocycles. The van der Waals surface area contributed by atoms with Crippen LogP contribution in [0.1, 0.15) is 23.0 Å². The lowest BCUT2D eigenvalue weighted by Crippen LogP contribution is -2.08. The van der Waals surface area contributed by atoms with Crippen LogP contribution in [0.5, 0.6) is 5.88 Å². The van der Waals surface area contributed by atoms with Gasteiger partial charge in [0.2, 0.25) is 5.88 Å². The molecule has 0 bridgehead atoms. The summed E-state index contributed by atoms with van der Waals surface area (Å²) < 4.78 is 21.7. The summed E-state index contributed by atoms with van der Waals surface area (Å²) in [5, 5.41) is 27.0. The quantitative estimate of drug-likeness (QED) is 0.482. The van der Waals surface area contributed by atoms with Crippen LogP contribution in [-0.4, -0.2) is 48.1 Å². The zero-order valence-corrected chi connectivity index (χ0v) is 15.9. The van der Waals surface area contributed by atoms with Gasteiger partial charge in [0.1, 0.15) is 5.82 Å². The van der Waals surface area contributed by atoms with Gasteiger partial charge in [-0.2, -0.15) is 5.10 Å². The first-order chi connectivity index (χ1) is 14.6. The number of aromatic carboxylic acids is 1. The number of H-pyrrole nitrogens is 1. The van der Waals surface area contributed by atoms with E-state index in [9.17, 15) is 9.18 Å². The van der Waals surface area contributed by atoms with Crippen molar-refractivity contribution in [1.82, 2.24) is 30.4 Å². The van der Waals surface area contributed by atoms with Crippen molar-refractivity contribution in [3.63, 3.8) is 0 Å². The van der Waals surface area contributed by atoms with Crippen molar-refractivity contribution in [3.8, 4) is 28.4 Å². The monoisotopic (exact) mass is 408 g/mol. The van der Waals surface area contributed by atoms with Gasteiger partial charge in [-0.05, 0) is 34.5 Å². The number of nitrogens with one attached hydrogen (secondary N) is 1. The summed E-state index contributed by atoms with van der Waals surface area (Å²) in [4.78, 5) is 11.2. The molecule has 0 saturated carbocycles. The number of nitrogens with zero attached hydrogens (tertiary/aromatic N) is 5. The molecule has 0 amide bonds. The molecule has 0 spiro atoms. The van der Waals surface area contributed by atoms with Crippen LogP contribution in [0.25, 0.3) is 22.5 Å². The van der Waals surface area contributed by atoms with Crippen molar-refractivity contribution in [2.75, 3.05) is 6.61 Å². The highest BCUT2D eigenvalue weighted by molar-refractivity contribution is 5.85. The summed E-state index contributed by atoms with van der Waals surface area (Å²) in [5.41, 5.74) is 2.35. The van der Waals surface area contributed by atoms with E-state index >= 15 is 0 Å².